The molecule has 32 heavy (non-hydrogen) atoms. The van der Waals surface area contributed by atoms with Gasteiger partial charge in [0.25, 0.3) is 17.4 Å². The molecule has 0 aliphatic heterocycles. The second-order valence-corrected chi connectivity index (χ2v) is 8.78. The van der Waals surface area contributed by atoms with Crippen LogP contribution in [0.3, 0.4) is 0 Å². The van der Waals surface area contributed by atoms with E-state index in [1.807, 2.05) is 0 Å². The maximum Gasteiger partial charge on any atom is 0.280 e. The number of fused-ring (bicyclic) bond motifs is 1. The van der Waals surface area contributed by atoms with Crippen molar-refractivity contribution < 1.29 is 19.4 Å². The van der Waals surface area contributed by atoms with Crippen LogP contribution in [0.25, 0.3) is 5.69 Å². The maximum atomic E-state index is 13.0. The minimum atomic E-state index is -0.764. The van der Waals surface area contributed by atoms with E-state index in [1.165, 1.54) is 18.4 Å². The average molecular weight is 455 g/mol. The molecule has 1 aliphatic carbocycles. The SMILES string of the molecule is COc1ccccc1-n1nc(C(=O)Nc2sc3c(c2C(N)=O)CCC(C)C3)c(O)cc1=O. The zero-order valence-corrected chi connectivity index (χ0v) is 18.4. The number of carbonyl (C=O) groups excluding carboxylic acids is 2. The summed E-state index contributed by atoms with van der Waals surface area (Å²) in [5.41, 5.74) is 6.07. The Hall–Kier alpha value is -3.66. The lowest BCUT2D eigenvalue weighted by molar-refractivity contribution is 0.1000. The Kier molecular flexibility index (Phi) is 5.70. The summed E-state index contributed by atoms with van der Waals surface area (Å²) in [5.74, 6) is -1.12. The van der Waals surface area contributed by atoms with Crippen molar-refractivity contribution in [2.24, 2.45) is 11.7 Å². The number of hydrogen-bond acceptors (Lipinski definition) is 7. The first kappa shape index (κ1) is 21.6. The quantitative estimate of drug-likeness (QED) is 0.542. The number of benzene rings is 1. The van der Waals surface area contributed by atoms with Crippen LogP contribution < -0.4 is 21.3 Å². The molecule has 10 heteroatoms. The van der Waals surface area contributed by atoms with Crippen LogP contribution >= 0.6 is 11.3 Å². The van der Waals surface area contributed by atoms with Crippen LogP contribution in [0, 0.1) is 5.92 Å². The molecule has 0 bridgehead atoms. The van der Waals surface area contributed by atoms with Crippen molar-refractivity contribution in [1.82, 2.24) is 9.78 Å². The van der Waals surface area contributed by atoms with Gasteiger partial charge in [0.1, 0.15) is 16.4 Å². The molecule has 0 spiro atoms. The zero-order chi connectivity index (χ0) is 23.0. The Balaban J connectivity index is 1.74. The predicted octanol–water partition coefficient (Wildman–Crippen LogP) is 2.48. The van der Waals surface area contributed by atoms with Gasteiger partial charge in [0.15, 0.2) is 11.4 Å². The summed E-state index contributed by atoms with van der Waals surface area (Å²) in [6, 6.07) is 7.57. The van der Waals surface area contributed by atoms with Crippen LogP contribution in [0.1, 0.15) is 44.6 Å². The topological polar surface area (TPSA) is 137 Å². The molecule has 2 amide bonds. The molecule has 0 radical (unpaired) electrons. The first-order valence-electron chi connectivity index (χ1n) is 10.0. The fraction of sp³-hybridized carbons (Fsp3) is 0.273. The average Bonchev–Trinajstić information content (AvgIpc) is 3.10. The second kappa shape index (κ2) is 8.46. The van der Waals surface area contributed by atoms with E-state index < -0.39 is 23.1 Å². The number of aromatic hydroxyl groups is 1. The van der Waals surface area contributed by atoms with Gasteiger partial charge in [0, 0.05) is 10.9 Å². The zero-order valence-electron chi connectivity index (χ0n) is 17.5. The highest BCUT2D eigenvalue weighted by molar-refractivity contribution is 7.17. The molecule has 3 aromatic rings. The second-order valence-electron chi connectivity index (χ2n) is 7.67. The Morgan fingerprint density at radius 3 is 2.81 bits per heavy atom. The third kappa shape index (κ3) is 3.84. The summed E-state index contributed by atoms with van der Waals surface area (Å²) < 4.78 is 6.24. The Bertz CT molecular complexity index is 1280. The van der Waals surface area contributed by atoms with E-state index in [1.54, 1.807) is 24.3 Å². The summed E-state index contributed by atoms with van der Waals surface area (Å²) in [7, 11) is 1.45. The van der Waals surface area contributed by atoms with E-state index in [9.17, 15) is 19.5 Å². The van der Waals surface area contributed by atoms with Crippen LogP contribution in [0.5, 0.6) is 11.5 Å². The molecule has 0 saturated carbocycles. The van der Waals surface area contributed by atoms with E-state index in [4.69, 9.17) is 10.5 Å². The van der Waals surface area contributed by atoms with E-state index in [-0.39, 0.29) is 5.69 Å². The molecule has 2 aromatic heterocycles. The fourth-order valence-corrected chi connectivity index (χ4v) is 5.26. The molecule has 1 unspecified atom stereocenters. The number of rotatable bonds is 5. The van der Waals surface area contributed by atoms with Gasteiger partial charge in [-0.15, -0.1) is 11.3 Å². The minimum absolute atomic E-state index is 0.294. The van der Waals surface area contributed by atoms with Crippen molar-refractivity contribution in [3.63, 3.8) is 0 Å². The highest BCUT2D eigenvalue weighted by Crippen LogP contribution is 2.39. The highest BCUT2D eigenvalue weighted by Gasteiger charge is 2.28. The first-order valence-corrected chi connectivity index (χ1v) is 10.8. The molecule has 4 N–H and O–H groups in total. The first-order chi connectivity index (χ1) is 15.3. The largest absolute Gasteiger partial charge is 0.505 e. The van der Waals surface area contributed by atoms with Crippen molar-refractivity contribution in [2.45, 2.75) is 26.2 Å². The summed E-state index contributed by atoms with van der Waals surface area (Å²) >= 11 is 1.30. The summed E-state index contributed by atoms with van der Waals surface area (Å²) in [4.78, 5) is 38.6. The van der Waals surface area contributed by atoms with Gasteiger partial charge in [0.05, 0.1) is 12.7 Å². The Morgan fingerprint density at radius 1 is 1.34 bits per heavy atom. The van der Waals surface area contributed by atoms with Gasteiger partial charge >= 0.3 is 0 Å². The number of primary amides is 1. The number of amides is 2. The number of methoxy groups -OCH3 is 1. The van der Waals surface area contributed by atoms with Gasteiger partial charge in [-0.1, -0.05) is 19.1 Å². The number of thiophene rings is 1. The number of nitrogens with two attached hydrogens (primary N) is 1. The van der Waals surface area contributed by atoms with Crippen LogP contribution in [0.2, 0.25) is 0 Å². The lowest BCUT2D eigenvalue weighted by atomic mass is 9.88. The molecule has 4 rings (SSSR count). The molecule has 0 fully saturated rings. The monoisotopic (exact) mass is 454 g/mol. The third-order valence-corrected chi connectivity index (χ3v) is 6.59. The van der Waals surface area contributed by atoms with Gasteiger partial charge < -0.3 is 20.9 Å². The summed E-state index contributed by atoms with van der Waals surface area (Å²) in [6.07, 6.45) is 2.45. The van der Waals surface area contributed by atoms with Gasteiger partial charge in [-0.05, 0) is 42.9 Å². The molecule has 166 valence electrons. The van der Waals surface area contributed by atoms with Gasteiger partial charge in [-0.2, -0.15) is 9.78 Å². The van der Waals surface area contributed by atoms with E-state index in [0.717, 1.165) is 34.0 Å². The van der Waals surface area contributed by atoms with Crippen molar-refractivity contribution in [1.29, 1.82) is 0 Å². The highest BCUT2D eigenvalue weighted by atomic mass is 32.1. The number of hydrogen-bond donors (Lipinski definition) is 3. The lowest BCUT2D eigenvalue weighted by Gasteiger charge is -2.18. The lowest BCUT2D eigenvalue weighted by Crippen LogP contribution is -2.26. The molecule has 0 saturated heterocycles. The number of ether oxygens (including phenoxy) is 1. The third-order valence-electron chi connectivity index (χ3n) is 5.43. The number of anilines is 1. The maximum absolute atomic E-state index is 13.0. The number of para-hydroxylation sites is 2. The molecule has 1 atom stereocenters. The fourth-order valence-electron chi connectivity index (χ4n) is 3.85. The van der Waals surface area contributed by atoms with Gasteiger partial charge in [0.2, 0.25) is 0 Å². The van der Waals surface area contributed by atoms with E-state index in [2.05, 4.69) is 17.3 Å². The van der Waals surface area contributed by atoms with E-state index in [0.29, 0.717) is 34.3 Å². The van der Waals surface area contributed by atoms with Crippen LogP contribution in [-0.4, -0.2) is 33.8 Å². The van der Waals surface area contributed by atoms with Crippen LogP contribution in [0.15, 0.2) is 35.1 Å². The van der Waals surface area contributed by atoms with Crippen LogP contribution in [-0.2, 0) is 12.8 Å². The van der Waals surface area contributed by atoms with Crippen molar-refractivity contribution in [2.75, 3.05) is 12.4 Å². The smallest absolute Gasteiger partial charge is 0.280 e. The number of carbonyl (C=O) groups is 2. The normalized spacial score (nSPS) is 15.1. The van der Waals surface area contributed by atoms with Crippen LogP contribution in [0.4, 0.5) is 5.00 Å². The van der Waals surface area contributed by atoms with Crippen molar-refractivity contribution >= 4 is 28.2 Å². The molecular weight excluding hydrogens is 432 g/mol. The number of aromatic nitrogens is 2. The Morgan fingerprint density at radius 2 is 2.09 bits per heavy atom. The minimum Gasteiger partial charge on any atom is -0.505 e. The van der Waals surface area contributed by atoms with Gasteiger partial charge in [-0.25, -0.2) is 0 Å². The summed E-state index contributed by atoms with van der Waals surface area (Å²) in [6.45, 7) is 2.13. The molecule has 1 aromatic carbocycles. The van der Waals surface area contributed by atoms with E-state index >= 15 is 0 Å². The van der Waals surface area contributed by atoms with Crippen molar-refractivity contribution in [3.05, 3.63) is 62.4 Å². The molecule has 2 heterocycles. The molecule has 1 aliphatic rings. The standard InChI is InChI=1S/C22H22N4O5S/c1-11-7-8-12-16(9-11)32-22(18(12)20(23)29)24-21(30)19-14(27)10-17(28)26(25-19)13-5-3-4-6-15(13)31-2/h3-6,10-11,27H,7-9H2,1-2H3,(H2,23,29)(H,24,30). The van der Waals surface area contributed by atoms with Crippen molar-refractivity contribution in [3.8, 4) is 17.2 Å². The number of nitrogens with one attached hydrogen (secondary N) is 1. The Labute approximate surface area is 187 Å². The predicted molar refractivity (Wildman–Crippen MR) is 120 cm³/mol. The van der Waals surface area contributed by atoms with Gasteiger partial charge in [-0.3, -0.25) is 14.4 Å². The molecular formula is C22H22N4O5S. The molecule has 9 nitrogen and oxygen atoms in total. The number of nitrogens with zero attached hydrogens (tertiary/aromatic N) is 2. The summed E-state index contributed by atoms with van der Waals surface area (Å²) in [5, 5.41) is 17.3.